The van der Waals surface area contributed by atoms with Crippen molar-refractivity contribution in [3.8, 4) is 0 Å². The summed E-state index contributed by atoms with van der Waals surface area (Å²) in [6.45, 7) is 0.736. The van der Waals surface area contributed by atoms with Gasteiger partial charge in [-0.2, -0.15) is 0 Å². The highest BCUT2D eigenvalue weighted by Gasteiger charge is 2.26. The average Bonchev–Trinajstić information content (AvgIpc) is 2.76. The van der Waals surface area contributed by atoms with Crippen molar-refractivity contribution >= 4 is 22.6 Å². The summed E-state index contributed by atoms with van der Waals surface area (Å²) >= 11 is 2.19. The van der Waals surface area contributed by atoms with E-state index in [2.05, 4.69) is 22.6 Å². The van der Waals surface area contributed by atoms with Crippen LogP contribution >= 0.6 is 22.6 Å². The third-order valence-corrected chi connectivity index (χ3v) is 2.62. The molecule has 1 aliphatic heterocycles. The molecule has 1 nitrogen and oxygen atoms in total. The Morgan fingerprint density at radius 2 is 2.27 bits per heavy atom. The Bertz CT molecular complexity index is 283. The minimum absolute atomic E-state index is 0.151. The van der Waals surface area contributed by atoms with Crippen molar-refractivity contribution in [1.82, 2.24) is 0 Å². The van der Waals surface area contributed by atoms with E-state index in [0.717, 1.165) is 15.7 Å². The molecular weight excluding hydrogens is 258 g/mol. The van der Waals surface area contributed by atoms with Crippen molar-refractivity contribution in [1.29, 1.82) is 0 Å². The van der Waals surface area contributed by atoms with Gasteiger partial charge in [-0.25, -0.2) is 4.39 Å². The van der Waals surface area contributed by atoms with Crippen LogP contribution in [0.4, 0.5) is 4.39 Å². The fourth-order valence-corrected chi connectivity index (χ4v) is 1.67. The molecule has 0 N–H and O–H groups in total. The maximum atomic E-state index is 12.7. The topological polar surface area (TPSA) is 12.5 Å². The van der Waals surface area contributed by atoms with Gasteiger partial charge >= 0.3 is 0 Å². The van der Waals surface area contributed by atoms with Gasteiger partial charge in [0.2, 0.25) is 0 Å². The molecule has 0 spiro atoms. The largest absolute Gasteiger partial charge is 0.368 e. The number of hydrogen-bond acceptors (Lipinski definition) is 1. The van der Waals surface area contributed by atoms with E-state index in [1.54, 1.807) is 12.1 Å². The van der Waals surface area contributed by atoms with Crippen LogP contribution in [-0.2, 0) is 4.74 Å². The summed E-state index contributed by atoms with van der Waals surface area (Å²) in [4.78, 5) is 0. The summed E-state index contributed by atoms with van der Waals surface area (Å²) in [7, 11) is 0. The lowest BCUT2D eigenvalue weighted by Crippen LogP contribution is -1.87. The molecule has 58 valence electrons. The van der Waals surface area contributed by atoms with E-state index in [1.165, 1.54) is 6.07 Å². The van der Waals surface area contributed by atoms with Crippen LogP contribution in [0.1, 0.15) is 11.7 Å². The maximum Gasteiger partial charge on any atom is 0.123 e. The number of ether oxygens (including phenoxy) is 1. The first-order valence-electron chi connectivity index (χ1n) is 3.34. The van der Waals surface area contributed by atoms with Gasteiger partial charge in [-0.05, 0) is 46.4 Å². The number of hydrogen-bond donors (Lipinski definition) is 0. The molecule has 1 saturated heterocycles. The summed E-state index contributed by atoms with van der Waals surface area (Å²) in [6.07, 6.45) is 0.151. The van der Waals surface area contributed by atoms with Gasteiger partial charge in [-0.1, -0.05) is 0 Å². The Balaban J connectivity index is 2.42. The molecule has 1 fully saturated rings. The van der Waals surface area contributed by atoms with E-state index in [9.17, 15) is 4.39 Å². The third kappa shape index (κ3) is 1.54. The van der Waals surface area contributed by atoms with E-state index >= 15 is 0 Å². The first kappa shape index (κ1) is 7.49. The lowest BCUT2D eigenvalue weighted by molar-refractivity contribution is 0.414. The summed E-state index contributed by atoms with van der Waals surface area (Å²) < 4.78 is 18.8. The molecule has 0 unspecified atom stereocenters. The van der Waals surface area contributed by atoms with Gasteiger partial charge in [0, 0.05) is 3.57 Å². The van der Waals surface area contributed by atoms with Gasteiger partial charge in [0.05, 0.1) is 6.61 Å². The lowest BCUT2D eigenvalue weighted by atomic mass is 10.2. The molecule has 0 radical (unpaired) electrons. The zero-order valence-electron chi connectivity index (χ0n) is 5.68. The predicted molar refractivity (Wildman–Crippen MR) is 47.8 cm³/mol. The second-order valence-electron chi connectivity index (χ2n) is 2.49. The summed E-state index contributed by atoms with van der Waals surface area (Å²) in [5, 5.41) is 0. The molecule has 3 heteroatoms. The zero-order valence-corrected chi connectivity index (χ0v) is 7.84. The molecule has 1 aromatic carbocycles. The zero-order chi connectivity index (χ0) is 7.84. The molecule has 1 aromatic rings. The Morgan fingerprint density at radius 1 is 1.55 bits per heavy atom. The van der Waals surface area contributed by atoms with Crippen LogP contribution in [0.15, 0.2) is 18.2 Å². The highest BCUT2D eigenvalue weighted by molar-refractivity contribution is 14.1. The van der Waals surface area contributed by atoms with E-state index < -0.39 is 0 Å². The molecule has 0 bridgehead atoms. The van der Waals surface area contributed by atoms with Gasteiger partial charge in [-0.3, -0.25) is 0 Å². The molecule has 11 heavy (non-hydrogen) atoms. The van der Waals surface area contributed by atoms with E-state index in [0.29, 0.717) is 0 Å². The van der Waals surface area contributed by atoms with Crippen LogP contribution < -0.4 is 0 Å². The highest BCUT2D eigenvalue weighted by Crippen LogP contribution is 2.33. The highest BCUT2D eigenvalue weighted by atomic mass is 127. The quantitative estimate of drug-likeness (QED) is 0.560. The summed E-state index contributed by atoms with van der Waals surface area (Å²) in [6, 6.07) is 4.78. The average molecular weight is 264 g/mol. The first-order valence-corrected chi connectivity index (χ1v) is 4.42. The predicted octanol–water partition coefficient (Wildman–Crippen LogP) is 2.50. The minimum Gasteiger partial charge on any atom is -0.368 e. The molecule has 0 saturated carbocycles. The molecule has 1 aliphatic rings. The van der Waals surface area contributed by atoms with Crippen molar-refractivity contribution in [3.63, 3.8) is 0 Å². The molecule has 1 atom stereocenters. The Labute approximate surface area is 77.7 Å². The van der Waals surface area contributed by atoms with Gasteiger partial charge in [-0.15, -0.1) is 0 Å². The Morgan fingerprint density at radius 3 is 2.91 bits per heavy atom. The number of epoxide rings is 1. The summed E-state index contributed by atoms with van der Waals surface area (Å²) in [5.74, 6) is -0.184. The molecule has 0 aromatic heterocycles. The van der Waals surface area contributed by atoms with Crippen LogP contribution in [0.2, 0.25) is 0 Å². The van der Waals surface area contributed by atoms with Crippen molar-refractivity contribution < 1.29 is 9.13 Å². The molecule has 2 rings (SSSR count). The Kier molecular flexibility index (Phi) is 1.85. The Hall–Kier alpha value is -0.160. The van der Waals surface area contributed by atoms with Crippen LogP contribution in [0.5, 0.6) is 0 Å². The molecule has 0 amide bonds. The van der Waals surface area contributed by atoms with Crippen molar-refractivity contribution in [2.24, 2.45) is 0 Å². The number of rotatable bonds is 1. The SMILES string of the molecule is Fc1ccc(I)c([C@H]2CO2)c1. The van der Waals surface area contributed by atoms with Gasteiger partial charge in [0.25, 0.3) is 0 Å². The summed E-state index contributed by atoms with van der Waals surface area (Å²) in [5.41, 5.74) is 0.977. The molecular formula is C8H6FIO. The van der Waals surface area contributed by atoms with Crippen LogP contribution in [-0.4, -0.2) is 6.61 Å². The second-order valence-corrected chi connectivity index (χ2v) is 3.65. The smallest absolute Gasteiger partial charge is 0.123 e. The minimum atomic E-state index is -0.184. The van der Waals surface area contributed by atoms with Crippen molar-refractivity contribution in [2.45, 2.75) is 6.10 Å². The van der Waals surface area contributed by atoms with Crippen molar-refractivity contribution in [2.75, 3.05) is 6.61 Å². The fraction of sp³-hybridized carbons (Fsp3) is 0.250. The second kappa shape index (κ2) is 2.71. The molecule has 0 aliphatic carbocycles. The van der Waals surface area contributed by atoms with E-state index in [1.807, 2.05) is 0 Å². The normalized spacial score (nSPS) is 21.8. The van der Waals surface area contributed by atoms with Gasteiger partial charge in [0.15, 0.2) is 0 Å². The van der Waals surface area contributed by atoms with E-state index in [4.69, 9.17) is 4.74 Å². The van der Waals surface area contributed by atoms with Gasteiger partial charge in [0.1, 0.15) is 11.9 Å². The van der Waals surface area contributed by atoms with E-state index in [-0.39, 0.29) is 11.9 Å². The monoisotopic (exact) mass is 264 g/mol. The molecule has 1 heterocycles. The van der Waals surface area contributed by atoms with Crippen LogP contribution in [0.3, 0.4) is 0 Å². The lowest BCUT2D eigenvalue weighted by Gasteiger charge is -1.98. The number of halogens is 2. The van der Waals surface area contributed by atoms with Crippen LogP contribution in [0, 0.1) is 9.39 Å². The number of benzene rings is 1. The van der Waals surface area contributed by atoms with Crippen molar-refractivity contribution in [3.05, 3.63) is 33.1 Å². The fourth-order valence-electron chi connectivity index (χ4n) is 0.989. The maximum absolute atomic E-state index is 12.7. The third-order valence-electron chi connectivity index (χ3n) is 1.64. The first-order chi connectivity index (χ1) is 5.27. The standard InChI is InChI=1S/C8H6FIO/c9-5-1-2-7(10)6(3-5)8-4-11-8/h1-3,8H,4H2/t8-/m1/s1. The van der Waals surface area contributed by atoms with Crippen LogP contribution in [0.25, 0.3) is 0 Å². The van der Waals surface area contributed by atoms with Gasteiger partial charge < -0.3 is 4.74 Å².